The maximum atomic E-state index is 9.21. The van der Waals surface area contributed by atoms with Crippen LogP contribution in [0.25, 0.3) is 5.69 Å². The van der Waals surface area contributed by atoms with Crippen LogP contribution in [0.5, 0.6) is 5.88 Å². The summed E-state index contributed by atoms with van der Waals surface area (Å²) in [5.74, 6) is -0.0242. The van der Waals surface area contributed by atoms with Crippen LogP contribution in [0, 0.1) is 6.92 Å². The lowest BCUT2D eigenvalue weighted by molar-refractivity contribution is 0.448. The molecule has 2 aromatic rings. The van der Waals surface area contributed by atoms with E-state index in [1.165, 1.54) is 0 Å². The van der Waals surface area contributed by atoms with Crippen LogP contribution in [0.1, 0.15) is 5.69 Å². The Hall–Kier alpha value is -1.84. The molecule has 1 heterocycles. The molecule has 0 bridgehead atoms. The fourth-order valence-electron chi connectivity index (χ4n) is 1.14. The van der Waals surface area contributed by atoms with Gasteiger partial charge in [-0.3, -0.25) is 0 Å². The summed E-state index contributed by atoms with van der Waals surface area (Å²) in [6.45, 7) is 1.77. The van der Waals surface area contributed by atoms with Gasteiger partial charge in [-0.05, 0) is 19.1 Å². The minimum atomic E-state index is -0.0242. The second-order valence-corrected chi connectivity index (χ2v) is 2.75. The van der Waals surface area contributed by atoms with Crippen LogP contribution >= 0.6 is 0 Å². The SMILES string of the molecule is Cc1c(O)nnn1-c1ccccc1. The van der Waals surface area contributed by atoms with Gasteiger partial charge in [0.05, 0.1) is 5.69 Å². The minimum absolute atomic E-state index is 0.0242. The van der Waals surface area contributed by atoms with Crippen LogP contribution in [0.3, 0.4) is 0 Å². The van der Waals surface area contributed by atoms with Crippen molar-refractivity contribution in [3.8, 4) is 11.6 Å². The Morgan fingerprint density at radius 2 is 1.92 bits per heavy atom. The molecular formula is C9H9N3O. The molecule has 0 atom stereocenters. The van der Waals surface area contributed by atoms with E-state index in [9.17, 15) is 5.11 Å². The number of nitrogens with zero attached hydrogens (tertiary/aromatic N) is 3. The van der Waals surface area contributed by atoms with Gasteiger partial charge >= 0.3 is 0 Å². The first-order valence-electron chi connectivity index (χ1n) is 3.96. The highest BCUT2D eigenvalue weighted by Gasteiger charge is 2.06. The summed E-state index contributed by atoms with van der Waals surface area (Å²) >= 11 is 0. The van der Waals surface area contributed by atoms with E-state index in [1.807, 2.05) is 30.3 Å². The van der Waals surface area contributed by atoms with Gasteiger partial charge in [0, 0.05) is 0 Å². The Balaban J connectivity index is 2.53. The predicted molar refractivity (Wildman–Crippen MR) is 47.8 cm³/mol. The Bertz CT molecular complexity index is 408. The van der Waals surface area contributed by atoms with Gasteiger partial charge in [0.25, 0.3) is 5.88 Å². The van der Waals surface area contributed by atoms with Crippen LogP contribution in [-0.2, 0) is 0 Å². The number of rotatable bonds is 1. The van der Waals surface area contributed by atoms with E-state index in [0.717, 1.165) is 5.69 Å². The van der Waals surface area contributed by atoms with Crippen molar-refractivity contribution in [1.29, 1.82) is 0 Å². The van der Waals surface area contributed by atoms with Crippen LogP contribution in [0.2, 0.25) is 0 Å². The third-order valence-electron chi connectivity index (χ3n) is 1.87. The number of aromatic nitrogens is 3. The molecule has 4 nitrogen and oxygen atoms in total. The summed E-state index contributed by atoms with van der Waals surface area (Å²) in [7, 11) is 0. The summed E-state index contributed by atoms with van der Waals surface area (Å²) < 4.78 is 1.59. The highest BCUT2D eigenvalue weighted by atomic mass is 16.3. The Kier molecular flexibility index (Phi) is 1.73. The molecule has 0 radical (unpaired) electrons. The molecule has 1 aromatic heterocycles. The van der Waals surface area contributed by atoms with Crippen molar-refractivity contribution < 1.29 is 5.11 Å². The standard InChI is InChI=1S/C9H9N3O/c1-7-9(13)10-11-12(7)8-5-3-2-4-6-8/h2-6,13H,1H3. The van der Waals surface area contributed by atoms with Gasteiger partial charge in [-0.15, -0.1) is 0 Å². The minimum Gasteiger partial charge on any atom is -0.491 e. The fraction of sp³-hybridized carbons (Fsp3) is 0.111. The molecule has 0 unspecified atom stereocenters. The zero-order chi connectivity index (χ0) is 9.26. The van der Waals surface area contributed by atoms with Crippen molar-refractivity contribution >= 4 is 0 Å². The first-order chi connectivity index (χ1) is 6.29. The zero-order valence-corrected chi connectivity index (χ0v) is 7.18. The van der Waals surface area contributed by atoms with Gasteiger partial charge in [-0.25, -0.2) is 4.68 Å². The summed E-state index contributed by atoms with van der Waals surface area (Å²) in [5, 5.41) is 16.6. The first-order valence-corrected chi connectivity index (χ1v) is 3.96. The van der Waals surface area contributed by atoms with Gasteiger partial charge in [-0.1, -0.05) is 28.5 Å². The van der Waals surface area contributed by atoms with E-state index >= 15 is 0 Å². The van der Waals surface area contributed by atoms with Crippen molar-refractivity contribution in [2.45, 2.75) is 6.92 Å². The highest BCUT2D eigenvalue weighted by Crippen LogP contribution is 2.14. The van der Waals surface area contributed by atoms with E-state index in [0.29, 0.717) is 5.69 Å². The number of hydrogen-bond acceptors (Lipinski definition) is 3. The topological polar surface area (TPSA) is 50.9 Å². The smallest absolute Gasteiger partial charge is 0.254 e. The molecule has 0 saturated heterocycles. The highest BCUT2D eigenvalue weighted by molar-refractivity contribution is 5.33. The molecule has 0 aliphatic carbocycles. The molecule has 0 fully saturated rings. The lowest BCUT2D eigenvalue weighted by Gasteiger charge is -2.00. The number of aromatic hydroxyl groups is 1. The second kappa shape index (κ2) is 2.90. The maximum absolute atomic E-state index is 9.21. The van der Waals surface area contributed by atoms with Crippen LogP contribution < -0.4 is 0 Å². The van der Waals surface area contributed by atoms with E-state index in [2.05, 4.69) is 10.3 Å². The third-order valence-corrected chi connectivity index (χ3v) is 1.87. The van der Waals surface area contributed by atoms with Crippen LogP contribution in [0.15, 0.2) is 30.3 Å². The Morgan fingerprint density at radius 1 is 1.23 bits per heavy atom. The summed E-state index contributed by atoms with van der Waals surface area (Å²) in [6.07, 6.45) is 0. The predicted octanol–water partition coefficient (Wildman–Crippen LogP) is 1.28. The number of benzene rings is 1. The van der Waals surface area contributed by atoms with E-state index in [-0.39, 0.29) is 5.88 Å². The normalized spacial score (nSPS) is 10.2. The van der Waals surface area contributed by atoms with Crippen molar-refractivity contribution in [3.63, 3.8) is 0 Å². The molecular weight excluding hydrogens is 166 g/mol. The molecule has 0 amide bonds. The quantitative estimate of drug-likeness (QED) is 0.710. The Labute approximate surface area is 75.4 Å². The van der Waals surface area contributed by atoms with Crippen molar-refractivity contribution in [2.75, 3.05) is 0 Å². The molecule has 66 valence electrons. The van der Waals surface area contributed by atoms with E-state index < -0.39 is 0 Å². The molecule has 0 aliphatic heterocycles. The molecule has 1 N–H and O–H groups in total. The second-order valence-electron chi connectivity index (χ2n) is 2.75. The summed E-state index contributed by atoms with van der Waals surface area (Å²) in [5.41, 5.74) is 1.54. The number of para-hydroxylation sites is 1. The summed E-state index contributed by atoms with van der Waals surface area (Å²) in [6, 6.07) is 9.55. The Morgan fingerprint density at radius 3 is 2.46 bits per heavy atom. The average molecular weight is 175 g/mol. The summed E-state index contributed by atoms with van der Waals surface area (Å²) in [4.78, 5) is 0. The fourth-order valence-corrected chi connectivity index (χ4v) is 1.14. The third kappa shape index (κ3) is 1.26. The first kappa shape index (κ1) is 7.79. The molecule has 2 rings (SSSR count). The lowest BCUT2D eigenvalue weighted by Crippen LogP contribution is -1.97. The number of hydrogen-bond donors (Lipinski definition) is 1. The lowest BCUT2D eigenvalue weighted by atomic mass is 10.3. The van der Waals surface area contributed by atoms with Crippen molar-refractivity contribution in [1.82, 2.24) is 15.0 Å². The largest absolute Gasteiger partial charge is 0.491 e. The van der Waals surface area contributed by atoms with Crippen LogP contribution in [0.4, 0.5) is 0 Å². The molecule has 13 heavy (non-hydrogen) atoms. The monoisotopic (exact) mass is 175 g/mol. The van der Waals surface area contributed by atoms with Gasteiger partial charge in [-0.2, -0.15) is 0 Å². The molecule has 1 aromatic carbocycles. The maximum Gasteiger partial charge on any atom is 0.254 e. The molecule has 0 saturated carbocycles. The van der Waals surface area contributed by atoms with Crippen molar-refractivity contribution in [2.24, 2.45) is 0 Å². The van der Waals surface area contributed by atoms with E-state index in [4.69, 9.17) is 0 Å². The molecule has 4 heteroatoms. The molecule has 0 aliphatic rings. The van der Waals surface area contributed by atoms with E-state index in [1.54, 1.807) is 11.6 Å². The zero-order valence-electron chi connectivity index (χ0n) is 7.18. The van der Waals surface area contributed by atoms with Gasteiger partial charge in [0.15, 0.2) is 0 Å². The van der Waals surface area contributed by atoms with Gasteiger partial charge in [0.1, 0.15) is 5.69 Å². The van der Waals surface area contributed by atoms with Gasteiger partial charge < -0.3 is 5.11 Å². The average Bonchev–Trinajstić information content (AvgIpc) is 2.49. The van der Waals surface area contributed by atoms with Gasteiger partial charge in [0.2, 0.25) is 0 Å². The molecule has 0 spiro atoms. The van der Waals surface area contributed by atoms with Crippen molar-refractivity contribution in [3.05, 3.63) is 36.0 Å². The van der Waals surface area contributed by atoms with Crippen LogP contribution in [-0.4, -0.2) is 20.1 Å².